The monoisotopic (exact) mass is 1100 g/mol. The summed E-state index contributed by atoms with van der Waals surface area (Å²) in [6.45, 7) is 3.67. The van der Waals surface area contributed by atoms with E-state index in [1.165, 1.54) is 48.5 Å². The summed E-state index contributed by atoms with van der Waals surface area (Å²) >= 11 is 4.01. The molecule has 0 aromatic heterocycles. The first-order chi connectivity index (χ1) is 36.3. The third kappa shape index (κ3) is 25.6. The van der Waals surface area contributed by atoms with Gasteiger partial charge in [-0.25, -0.2) is 4.79 Å². The van der Waals surface area contributed by atoms with E-state index in [4.69, 9.17) is 28.7 Å². The fourth-order valence-electron chi connectivity index (χ4n) is 7.45. The van der Waals surface area contributed by atoms with E-state index in [-0.39, 0.29) is 100 Å². The van der Waals surface area contributed by atoms with Gasteiger partial charge < -0.3 is 86.3 Å². The van der Waals surface area contributed by atoms with Crippen molar-refractivity contribution in [2.75, 3.05) is 18.8 Å². The Bertz CT molecular complexity index is 2340. The number of nitrogens with one attached hydrogen (secondary N) is 7. The molecule has 0 unspecified atom stereocenters. The van der Waals surface area contributed by atoms with Crippen LogP contribution >= 0.6 is 12.6 Å². The van der Waals surface area contributed by atoms with Gasteiger partial charge in [0.1, 0.15) is 53.8 Å². The Kier molecular flexibility index (Phi) is 28.9. The molecule has 0 aliphatic carbocycles. The first kappa shape index (κ1) is 65.4. The Morgan fingerprint density at radius 1 is 0.532 bits per heavy atom. The molecule has 0 aliphatic heterocycles. The van der Waals surface area contributed by atoms with Crippen molar-refractivity contribution < 1.29 is 68.4 Å². The van der Waals surface area contributed by atoms with E-state index >= 15 is 0 Å². The van der Waals surface area contributed by atoms with Crippen LogP contribution in [0.15, 0.2) is 53.5 Å². The number of amides is 8. The number of nitrogens with two attached hydrogens (primary N) is 5. The molecule has 0 saturated heterocycles. The minimum atomic E-state index is -1.52. The number of hydrogen-bond donors (Lipinski definition) is 17. The van der Waals surface area contributed by atoms with Gasteiger partial charge in [-0.3, -0.25) is 48.1 Å². The predicted molar refractivity (Wildman–Crippen MR) is 284 cm³/mol. The first-order valence-corrected chi connectivity index (χ1v) is 25.5. The molecule has 8 amide bonds. The lowest BCUT2D eigenvalue weighted by atomic mass is 10.00. The van der Waals surface area contributed by atoms with Gasteiger partial charge in [0.2, 0.25) is 47.3 Å². The van der Waals surface area contributed by atoms with Crippen LogP contribution in [-0.2, 0) is 60.8 Å². The Labute approximate surface area is 450 Å². The fraction of sp³-hybridized carbons (Fsp3) is 0.531. The van der Waals surface area contributed by atoms with Gasteiger partial charge in [-0.05, 0) is 99.2 Å². The summed E-state index contributed by atoms with van der Waals surface area (Å²) in [6.07, 6.45) is -1.32. The Morgan fingerprint density at radius 2 is 0.935 bits per heavy atom. The lowest BCUT2D eigenvalue weighted by Crippen LogP contribution is -2.60. The molecular weight excluding hydrogens is 1030 g/mol. The number of phenols is 2. The van der Waals surface area contributed by atoms with Crippen LogP contribution in [0.1, 0.15) is 89.2 Å². The topological polar surface area (TPSA) is 478 Å². The molecule has 0 fully saturated rings. The van der Waals surface area contributed by atoms with Crippen molar-refractivity contribution in [2.45, 2.75) is 139 Å². The molecule has 0 aliphatic rings. The first-order valence-electron chi connectivity index (χ1n) is 24.9. The number of nitrogens with zero attached hydrogens (tertiary/aromatic N) is 1. The number of phenolic OH excluding ortho intramolecular Hbond substituents is 2. The molecular formula is C49H75N13O14S. The van der Waals surface area contributed by atoms with E-state index in [9.17, 15) is 68.4 Å². The summed E-state index contributed by atoms with van der Waals surface area (Å²) in [5.41, 5.74) is 28.7. The highest BCUT2D eigenvalue weighted by atomic mass is 32.1. The van der Waals surface area contributed by atoms with Crippen molar-refractivity contribution in [3.8, 4) is 11.5 Å². The standard InChI is InChI=1S/C49H75N13O14S/c1-26(2)22-35(59-44(71)34(17-19-40(66)67)56-41(68)31(51)16-18-39(52)65)45(72)58-32(6-3-4-20-50)42(69)57-33(7-5-21-55-49(53)54)43(70)60-36(23-27-8-12-29(63)13-9-27)46(73)61-37(24-28-10-14-30(64)15-11-28)47(74)62-38(25-77)48(75)76/h8-15,26,31-38,63-64,77H,3-7,16-25,50-51H2,1-2H3,(H2,52,65)(H,56,68)(H,57,69)(H,58,72)(H,59,71)(H,60,70)(H,61,73)(H,62,74)(H,66,67)(H,75,76)(H4,53,54,55)/t31-,32-,33-,34-,35-,36-,37-,38-/m0/s1. The molecule has 2 rings (SSSR count). The number of aromatic hydroxyl groups is 2. The summed E-state index contributed by atoms with van der Waals surface area (Å²) in [5, 5.41) is 56.7. The van der Waals surface area contributed by atoms with Gasteiger partial charge in [0.05, 0.1) is 6.04 Å². The second kappa shape index (κ2) is 34.0. The van der Waals surface area contributed by atoms with Gasteiger partial charge in [-0.15, -0.1) is 0 Å². The van der Waals surface area contributed by atoms with Crippen LogP contribution < -0.4 is 65.9 Å². The van der Waals surface area contributed by atoms with Crippen molar-refractivity contribution in [1.29, 1.82) is 0 Å². The van der Waals surface area contributed by atoms with Crippen molar-refractivity contribution in [2.24, 2.45) is 39.6 Å². The highest BCUT2D eigenvalue weighted by molar-refractivity contribution is 7.80. The second-order valence-electron chi connectivity index (χ2n) is 18.6. The number of guanidine groups is 1. The molecule has 426 valence electrons. The van der Waals surface area contributed by atoms with Crippen LogP contribution in [0.25, 0.3) is 0 Å². The molecule has 0 saturated carbocycles. The van der Waals surface area contributed by atoms with E-state index in [1.807, 2.05) is 0 Å². The molecule has 0 radical (unpaired) electrons. The summed E-state index contributed by atoms with van der Waals surface area (Å²) in [5.74, 6) is -10.8. The maximum atomic E-state index is 14.5. The molecule has 21 N–H and O–H groups in total. The number of rotatable bonds is 36. The quantitative estimate of drug-likeness (QED) is 0.0140. The molecule has 0 heterocycles. The molecule has 2 aromatic carbocycles. The Balaban J connectivity index is 2.57. The van der Waals surface area contributed by atoms with Crippen molar-refractivity contribution in [3.05, 3.63) is 59.7 Å². The number of hydrogen-bond acceptors (Lipinski definition) is 16. The van der Waals surface area contributed by atoms with Gasteiger partial charge in [0.25, 0.3) is 0 Å². The Hall–Kier alpha value is -7.72. The molecule has 27 nitrogen and oxygen atoms in total. The molecule has 0 spiro atoms. The number of unbranched alkanes of at least 4 members (excludes halogenated alkanes) is 1. The second-order valence-corrected chi connectivity index (χ2v) is 19.0. The minimum absolute atomic E-state index is 0.0144. The number of carboxylic acids is 2. The smallest absolute Gasteiger partial charge is 0.327 e. The number of carbonyl (C=O) groups is 10. The molecule has 28 heteroatoms. The summed E-state index contributed by atoms with van der Waals surface area (Å²) in [4.78, 5) is 136. The van der Waals surface area contributed by atoms with Gasteiger partial charge in [0.15, 0.2) is 5.96 Å². The number of aliphatic imine (C=N–C) groups is 1. The van der Waals surface area contributed by atoms with Gasteiger partial charge in [-0.1, -0.05) is 38.1 Å². The van der Waals surface area contributed by atoms with Gasteiger partial charge in [-0.2, -0.15) is 12.6 Å². The van der Waals surface area contributed by atoms with E-state index in [0.717, 1.165) is 0 Å². The van der Waals surface area contributed by atoms with E-state index in [0.29, 0.717) is 17.5 Å². The van der Waals surface area contributed by atoms with E-state index in [2.05, 4.69) is 54.8 Å². The van der Waals surface area contributed by atoms with Crippen LogP contribution in [-0.4, -0.2) is 153 Å². The molecule has 2 aromatic rings. The van der Waals surface area contributed by atoms with Crippen molar-refractivity contribution in [1.82, 2.24) is 37.2 Å². The largest absolute Gasteiger partial charge is 0.508 e. The third-order valence-corrected chi connectivity index (χ3v) is 12.0. The summed E-state index contributed by atoms with van der Waals surface area (Å²) < 4.78 is 0. The minimum Gasteiger partial charge on any atom is -0.508 e. The Morgan fingerprint density at radius 3 is 1.35 bits per heavy atom. The van der Waals surface area contributed by atoms with Crippen LogP contribution in [0.5, 0.6) is 11.5 Å². The zero-order valence-corrected chi connectivity index (χ0v) is 44.0. The number of carbonyl (C=O) groups excluding carboxylic acids is 8. The molecule has 0 bridgehead atoms. The number of aliphatic carboxylic acids is 2. The normalized spacial score (nSPS) is 14.1. The highest BCUT2D eigenvalue weighted by Crippen LogP contribution is 2.16. The number of carboxylic acid groups (broad SMARTS) is 2. The average Bonchev–Trinajstić information content (AvgIpc) is 3.36. The van der Waals surface area contributed by atoms with Gasteiger partial charge in [0, 0.05) is 38.0 Å². The molecule has 8 atom stereocenters. The lowest BCUT2D eigenvalue weighted by Gasteiger charge is -2.28. The molecule has 77 heavy (non-hydrogen) atoms. The SMILES string of the molecule is CC(C)C[C@H](NC(=O)[C@H](CCC(=O)O)NC(=O)[C@@H](N)CCC(N)=O)C(=O)N[C@@H](CCCCN)C(=O)N[C@@H](CCCN=C(N)N)C(=O)N[C@@H](Cc1ccc(O)cc1)C(=O)N[C@@H](Cc1ccc(O)cc1)C(=O)N[C@@H](CS)C(=O)O. The maximum Gasteiger partial charge on any atom is 0.327 e. The van der Waals surface area contributed by atoms with Crippen molar-refractivity contribution in [3.63, 3.8) is 0 Å². The summed E-state index contributed by atoms with van der Waals surface area (Å²) in [6, 6.07) is -0.214. The number of benzene rings is 2. The van der Waals surface area contributed by atoms with Crippen LogP contribution in [0.3, 0.4) is 0 Å². The van der Waals surface area contributed by atoms with Gasteiger partial charge >= 0.3 is 11.9 Å². The van der Waals surface area contributed by atoms with Crippen LogP contribution in [0.2, 0.25) is 0 Å². The maximum absolute atomic E-state index is 14.5. The predicted octanol–water partition coefficient (Wildman–Crippen LogP) is -3.02. The highest BCUT2D eigenvalue weighted by Gasteiger charge is 2.35. The zero-order valence-electron chi connectivity index (χ0n) is 43.1. The number of thiol groups is 1. The summed E-state index contributed by atoms with van der Waals surface area (Å²) in [7, 11) is 0. The fourth-order valence-corrected chi connectivity index (χ4v) is 7.70. The van der Waals surface area contributed by atoms with E-state index < -0.39 is 120 Å². The zero-order chi connectivity index (χ0) is 57.8. The van der Waals surface area contributed by atoms with Crippen molar-refractivity contribution >= 4 is 77.8 Å². The lowest BCUT2D eigenvalue weighted by molar-refractivity contribution is -0.141. The third-order valence-electron chi connectivity index (χ3n) is 11.6. The van der Waals surface area contributed by atoms with E-state index in [1.54, 1.807) is 13.8 Å². The number of primary amides is 1. The average molecular weight is 1100 g/mol. The van der Waals surface area contributed by atoms with Crippen LogP contribution in [0, 0.1) is 5.92 Å². The van der Waals surface area contributed by atoms with Crippen LogP contribution in [0.4, 0.5) is 0 Å².